The Morgan fingerprint density at radius 2 is 1.89 bits per heavy atom. The Balaban J connectivity index is 1.24. The van der Waals surface area contributed by atoms with Gasteiger partial charge in [0.05, 0.1) is 24.2 Å². The molecule has 2 aliphatic rings. The zero-order valence-electron chi connectivity index (χ0n) is 16.0. The van der Waals surface area contributed by atoms with Gasteiger partial charge in [0.1, 0.15) is 5.82 Å². The summed E-state index contributed by atoms with van der Waals surface area (Å²) in [5.74, 6) is 2.38. The minimum atomic E-state index is 0.453. The van der Waals surface area contributed by atoms with Crippen LogP contribution in [0.3, 0.4) is 0 Å². The molecule has 0 aliphatic carbocycles. The predicted molar refractivity (Wildman–Crippen MR) is 108 cm³/mol. The van der Waals surface area contributed by atoms with E-state index < -0.39 is 0 Å². The molecule has 0 unspecified atom stereocenters. The number of ether oxygens (including phenoxy) is 1. The van der Waals surface area contributed by atoms with Crippen LogP contribution in [0.15, 0.2) is 36.7 Å². The maximum absolute atomic E-state index is 5.40. The smallest absolute Gasteiger partial charge is 0.225 e. The SMILES string of the molecule is c1ccc2[nH]c([C@@H]3CCCN(Cc4cnc(N5CCOCC5)nc4)C3)nc2c1. The molecule has 5 rings (SSSR count). The van der Waals surface area contributed by atoms with Crippen molar-refractivity contribution in [3.05, 3.63) is 48.0 Å². The number of H-pyrrole nitrogens is 1. The lowest BCUT2D eigenvalue weighted by Gasteiger charge is -2.31. The second-order valence-corrected chi connectivity index (χ2v) is 7.70. The molecular formula is C21H26N6O. The monoisotopic (exact) mass is 378 g/mol. The number of fused-ring (bicyclic) bond motifs is 1. The number of piperidine rings is 1. The summed E-state index contributed by atoms with van der Waals surface area (Å²) < 4.78 is 5.40. The first-order valence-corrected chi connectivity index (χ1v) is 10.2. The summed E-state index contributed by atoms with van der Waals surface area (Å²) in [5.41, 5.74) is 3.35. The van der Waals surface area contributed by atoms with E-state index in [-0.39, 0.29) is 0 Å². The average molecular weight is 378 g/mol. The molecule has 0 saturated carbocycles. The molecule has 7 nitrogen and oxygen atoms in total. The number of nitrogens with one attached hydrogen (secondary N) is 1. The van der Waals surface area contributed by atoms with Crippen molar-refractivity contribution < 1.29 is 4.74 Å². The van der Waals surface area contributed by atoms with Crippen LogP contribution in [0.1, 0.15) is 30.1 Å². The van der Waals surface area contributed by atoms with Crippen molar-refractivity contribution in [2.24, 2.45) is 0 Å². The molecule has 2 aromatic heterocycles. The number of aromatic nitrogens is 4. The zero-order valence-corrected chi connectivity index (χ0v) is 16.0. The number of rotatable bonds is 4. The molecule has 1 atom stereocenters. The number of anilines is 1. The van der Waals surface area contributed by atoms with E-state index in [0.717, 1.165) is 68.7 Å². The third-order valence-electron chi connectivity index (χ3n) is 5.69. The van der Waals surface area contributed by atoms with Gasteiger partial charge in [0.15, 0.2) is 0 Å². The molecule has 1 aromatic carbocycles. The Morgan fingerprint density at radius 3 is 2.71 bits per heavy atom. The Kier molecular flexibility index (Phi) is 4.93. The summed E-state index contributed by atoms with van der Waals surface area (Å²) in [6.07, 6.45) is 6.32. The van der Waals surface area contributed by atoms with Crippen molar-refractivity contribution in [3.63, 3.8) is 0 Å². The van der Waals surface area contributed by atoms with Crippen LogP contribution in [-0.2, 0) is 11.3 Å². The number of morpholine rings is 1. The van der Waals surface area contributed by atoms with E-state index in [1.165, 1.54) is 18.4 Å². The highest BCUT2D eigenvalue weighted by molar-refractivity contribution is 5.74. The van der Waals surface area contributed by atoms with Crippen LogP contribution in [0.25, 0.3) is 11.0 Å². The van der Waals surface area contributed by atoms with Gasteiger partial charge in [-0.1, -0.05) is 12.1 Å². The minimum absolute atomic E-state index is 0.453. The molecule has 2 saturated heterocycles. The van der Waals surface area contributed by atoms with E-state index >= 15 is 0 Å². The van der Waals surface area contributed by atoms with Crippen molar-refractivity contribution in [3.8, 4) is 0 Å². The minimum Gasteiger partial charge on any atom is -0.378 e. The molecule has 146 valence electrons. The second-order valence-electron chi connectivity index (χ2n) is 7.70. The van der Waals surface area contributed by atoms with Gasteiger partial charge in [-0.3, -0.25) is 4.90 Å². The van der Waals surface area contributed by atoms with Gasteiger partial charge in [0.25, 0.3) is 0 Å². The Morgan fingerprint density at radius 1 is 1.07 bits per heavy atom. The van der Waals surface area contributed by atoms with E-state index in [4.69, 9.17) is 9.72 Å². The third kappa shape index (κ3) is 3.72. The molecule has 28 heavy (non-hydrogen) atoms. The fourth-order valence-electron chi connectivity index (χ4n) is 4.20. The Hall–Kier alpha value is -2.51. The lowest BCUT2D eigenvalue weighted by molar-refractivity contribution is 0.122. The largest absolute Gasteiger partial charge is 0.378 e. The number of para-hydroxylation sites is 2. The van der Waals surface area contributed by atoms with E-state index in [9.17, 15) is 0 Å². The van der Waals surface area contributed by atoms with E-state index in [0.29, 0.717) is 5.92 Å². The molecule has 0 amide bonds. The van der Waals surface area contributed by atoms with Crippen LogP contribution < -0.4 is 4.90 Å². The van der Waals surface area contributed by atoms with Crippen LogP contribution in [0.5, 0.6) is 0 Å². The molecule has 2 fully saturated rings. The van der Waals surface area contributed by atoms with Gasteiger partial charge >= 0.3 is 0 Å². The van der Waals surface area contributed by atoms with Crippen LogP contribution in [0.2, 0.25) is 0 Å². The second kappa shape index (κ2) is 7.85. The van der Waals surface area contributed by atoms with Crippen molar-refractivity contribution >= 4 is 17.0 Å². The van der Waals surface area contributed by atoms with Crippen molar-refractivity contribution in [1.82, 2.24) is 24.8 Å². The molecule has 7 heteroatoms. The fourth-order valence-corrected chi connectivity index (χ4v) is 4.20. The van der Waals surface area contributed by atoms with Crippen molar-refractivity contribution in [2.75, 3.05) is 44.3 Å². The van der Waals surface area contributed by atoms with Gasteiger partial charge in [-0.2, -0.15) is 0 Å². The van der Waals surface area contributed by atoms with Crippen LogP contribution >= 0.6 is 0 Å². The van der Waals surface area contributed by atoms with Gasteiger partial charge in [0.2, 0.25) is 5.95 Å². The first-order chi connectivity index (χ1) is 13.8. The summed E-state index contributed by atoms with van der Waals surface area (Å²) in [5, 5.41) is 0. The highest BCUT2D eigenvalue weighted by atomic mass is 16.5. The van der Waals surface area contributed by atoms with E-state index in [2.05, 4.69) is 43.0 Å². The van der Waals surface area contributed by atoms with Crippen LogP contribution in [0, 0.1) is 0 Å². The summed E-state index contributed by atoms with van der Waals surface area (Å²) in [6.45, 7) is 6.26. The highest BCUT2D eigenvalue weighted by Crippen LogP contribution is 2.27. The van der Waals surface area contributed by atoms with Gasteiger partial charge < -0.3 is 14.6 Å². The van der Waals surface area contributed by atoms with Crippen molar-refractivity contribution in [1.29, 1.82) is 0 Å². The van der Waals surface area contributed by atoms with E-state index in [1.54, 1.807) is 0 Å². The maximum Gasteiger partial charge on any atom is 0.225 e. The number of benzene rings is 1. The lowest BCUT2D eigenvalue weighted by Crippen LogP contribution is -2.37. The molecule has 0 bridgehead atoms. The average Bonchev–Trinajstić information content (AvgIpc) is 3.20. The summed E-state index contributed by atoms with van der Waals surface area (Å²) >= 11 is 0. The van der Waals surface area contributed by atoms with Crippen molar-refractivity contribution in [2.45, 2.75) is 25.3 Å². The topological polar surface area (TPSA) is 70.2 Å². The number of nitrogens with zero attached hydrogens (tertiary/aromatic N) is 5. The molecular weight excluding hydrogens is 352 g/mol. The quantitative estimate of drug-likeness (QED) is 0.752. The number of aromatic amines is 1. The first-order valence-electron chi connectivity index (χ1n) is 10.2. The third-order valence-corrected chi connectivity index (χ3v) is 5.69. The van der Waals surface area contributed by atoms with E-state index in [1.807, 2.05) is 18.5 Å². The molecule has 0 spiro atoms. The van der Waals surface area contributed by atoms with Crippen LogP contribution in [-0.4, -0.2) is 64.2 Å². The summed E-state index contributed by atoms with van der Waals surface area (Å²) in [7, 11) is 0. The maximum atomic E-state index is 5.40. The van der Waals surface area contributed by atoms with Gasteiger partial charge in [-0.05, 0) is 31.5 Å². The number of imidazole rings is 1. The number of likely N-dealkylation sites (tertiary alicyclic amines) is 1. The van der Waals surface area contributed by atoms with Gasteiger partial charge in [0, 0.05) is 50.1 Å². The standard InChI is InChI=1S/C21H26N6O/c1-2-6-19-18(5-1)24-20(25-19)17-4-3-7-26(15-17)14-16-12-22-21(23-13-16)27-8-10-28-11-9-27/h1-2,5-6,12-13,17H,3-4,7-11,14-15H2,(H,24,25)/t17-/m1/s1. The molecule has 0 radical (unpaired) electrons. The number of hydrogen-bond acceptors (Lipinski definition) is 6. The molecule has 4 heterocycles. The lowest BCUT2D eigenvalue weighted by atomic mass is 9.97. The normalized spacial score (nSPS) is 21.3. The summed E-state index contributed by atoms with van der Waals surface area (Å²) in [4.78, 5) is 22.2. The predicted octanol–water partition coefficient (Wildman–Crippen LogP) is 2.57. The summed E-state index contributed by atoms with van der Waals surface area (Å²) in [6, 6.07) is 8.27. The molecule has 1 N–H and O–H groups in total. The number of hydrogen-bond donors (Lipinski definition) is 1. The highest BCUT2D eigenvalue weighted by Gasteiger charge is 2.24. The van der Waals surface area contributed by atoms with Crippen LogP contribution in [0.4, 0.5) is 5.95 Å². The first kappa shape index (κ1) is 17.6. The molecule has 3 aromatic rings. The molecule has 2 aliphatic heterocycles. The fraction of sp³-hybridized carbons (Fsp3) is 0.476. The Bertz CT molecular complexity index is 885. The van der Waals surface area contributed by atoms with Gasteiger partial charge in [-0.25, -0.2) is 15.0 Å². The Labute approximate surface area is 164 Å². The van der Waals surface area contributed by atoms with Gasteiger partial charge in [-0.15, -0.1) is 0 Å². The zero-order chi connectivity index (χ0) is 18.8.